The van der Waals surface area contributed by atoms with Crippen molar-refractivity contribution < 1.29 is 4.74 Å². The molecule has 1 aromatic carbocycles. The number of aromatic nitrogens is 1. The highest BCUT2D eigenvalue weighted by atomic mass is 32.1. The summed E-state index contributed by atoms with van der Waals surface area (Å²) in [5.41, 5.74) is 4.27. The minimum atomic E-state index is 0.900. The van der Waals surface area contributed by atoms with Crippen molar-refractivity contribution in [3.8, 4) is 5.75 Å². The number of benzene rings is 1. The summed E-state index contributed by atoms with van der Waals surface area (Å²) < 4.78 is 9.16. The highest BCUT2D eigenvalue weighted by molar-refractivity contribution is 7.19. The molecule has 114 valence electrons. The fraction of sp³-hybridized carbons (Fsp3) is 0.333. The van der Waals surface area contributed by atoms with E-state index < -0.39 is 0 Å². The molecule has 3 aromatic rings. The smallest absolute Gasteiger partial charge is 0.119 e. The molecule has 0 saturated heterocycles. The summed E-state index contributed by atoms with van der Waals surface area (Å²) in [5, 5.41) is 3.50. The quantitative estimate of drug-likeness (QED) is 0.802. The first-order valence-corrected chi connectivity index (χ1v) is 8.60. The van der Waals surface area contributed by atoms with E-state index in [1.165, 1.54) is 15.8 Å². The highest BCUT2D eigenvalue weighted by Gasteiger charge is 2.17. The Kier molecular flexibility index (Phi) is 3.64. The Balaban J connectivity index is 1.73. The summed E-state index contributed by atoms with van der Waals surface area (Å²) >= 11 is 1.97. The van der Waals surface area contributed by atoms with E-state index >= 15 is 0 Å². The molecule has 3 nitrogen and oxygen atoms in total. The van der Waals surface area contributed by atoms with Crippen molar-refractivity contribution >= 4 is 21.6 Å². The van der Waals surface area contributed by atoms with Gasteiger partial charge in [-0.2, -0.15) is 0 Å². The number of methoxy groups -OCH3 is 1. The Labute approximate surface area is 134 Å². The van der Waals surface area contributed by atoms with Crippen LogP contribution in [0.1, 0.15) is 16.0 Å². The van der Waals surface area contributed by atoms with Gasteiger partial charge in [0.05, 0.1) is 17.3 Å². The Morgan fingerprint density at radius 2 is 2.14 bits per heavy atom. The van der Waals surface area contributed by atoms with Crippen LogP contribution in [0, 0.1) is 0 Å². The van der Waals surface area contributed by atoms with Gasteiger partial charge >= 0.3 is 0 Å². The molecule has 0 atom stereocenters. The lowest BCUT2D eigenvalue weighted by atomic mass is 10.1. The number of thiophene rings is 1. The first kappa shape index (κ1) is 13.9. The normalized spacial score (nSPS) is 14.8. The van der Waals surface area contributed by atoms with E-state index in [-0.39, 0.29) is 0 Å². The Morgan fingerprint density at radius 1 is 1.23 bits per heavy atom. The molecule has 22 heavy (non-hydrogen) atoms. The van der Waals surface area contributed by atoms with E-state index in [0.29, 0.717) is 0 Å². The van der Waals surface area contributed by atoms with Crippen molar-refractivity contribution in [2.75, 3.05) is 20.2 Å². The third kappa shape index (κ3) is 2.42. The predicted octanol–water partition coefficient (Wildman–Crippen LogP) is 3.45. The van der Waals surface area contributed by atoms with Gasteiger partial charge < -0.3 is 14.6 Å². The SMILES string of the molecule is COc1cccc(Cn2ccc3sc4c(c32)CCNCC4)c1. The summed E-state index contributed by atoms with van der Waals surface area (Å²) in [7, 11) is 1.72. The van der Waals surface area contributed by atoms with Crippen LogP contribution in [0.4, 0.5) is 0 Å². The second-order valence-electron chi connectivity index (χ2n) is 5.76. The monoisotopic (exact) mass is 312 g/mol. The number of nitrogens with one attached hydrogen (secondary N) is 1. The summed E-state index contributed by atoms with van der Waals surface area (Å²) in [6.07, 6.45) is 4.52. The van der Waals surface area contributed by atoms with E-state index in [2.05, 4.69) is 40.3 Å². The van der Waals surface area contributed by atoms with Gasteiger partial charge in [-0.05, 0) is 55.3 Å². The number of nitrogens with zero attached hydrogens (tertiary/aromatic N) is 1. The molecule has 1 N–H and O–H groups in total. The van der Waals surface area contributed by atoms with Gasteiger partial charge in [0.2, 0.25) is 0 Å². The van der Waals surface area contributed by atoms with Crippen LogP contribution >= 0.6 is 11.3 Å². The molecular weight excluding hydrogens is 292 g/mol. The fourth-order valence-electron chi connectivity index (χ4n) is 3.28. The maximum absolute atomic E-state index is 5.34. The van der Waals surface area contributed by atoms with E-state index in [9.17, 15) is 0 Å². The van der Waals surface area contributed by atoms with E-state index in [1.807, 2.05) is 17.4 Å². The summed E-state index contributed by atoms with van der Waals surface area (Å²) in [5.74, 6) is 0.925. The molecule has 4 rings (SSSR count). The third-order valence-electron chi connectivity index (χ3n) is 4.35. The van der Waals surface area contributed by atoms with Gasteiger partial charge in [-0.3, -0.25) is 0 Å². The second-order valence-corrected chi connectivity index (χ2v) is 6.90. The molecule has 0 fully saturated rings. The van der Waals surface area contributed by atoms with Crippen molar-refractivity contribution in [1.29, 1.82) is 0 Å². The summed E-state index contributed by atoms with van der Waals surface area (Å²) in [6.45, 7) is 3.09. The average Bonchev–Trinajstić information content (AvgIpc) is 3.00. The highest BCUT2D eigenvalue weighted by Crippen LogP contribution is 2.34. The standard InChI is InChI=1S/C18H20N2OS/c1-21-14-4-2-3-13(11-14)12-20-10-7-17-18(20)15-5-8-19-9-6-16(15)22-17/h2-4,7,10-11,19H,5-6,8-9,12H2,1H3. The Hall–Kier alpha value is -1.78. The minimum Gasteiger partial charge on any atom is -0.497 e. The van der Waals surface area contributed by atoms with Crippen molar-refractivity contribution in [2.24, 2.45) is 0 Å². The van der Waals surface area contributed by atoms with Gasteiger partial charge in [-0.1, -0.05) is 12.1 Å². The van der Waals surface area contributed by atoms with Crippen LogP contribution in [-0.4, -0.2) is 24.8 Å². The molecule has 0 radical (unpaired) electrons. The van der Waals surface area contributed by atoms with Crippen LogP contribution in [0.15, 0.2) is 36.5 Å². The number of fused-ring (bicyclic) bond motifs is 3. The molecule has 0 aliphatic carbocycles. The van der Waals surface area contributed by atoms with Crippen molar-refractivity contribution in [2.45, 2.75) is 19.4 Å². The van der Waals surface area contributed by atoms with Crippen LogP contribution in [0.25, 0.3) is 10.2 Å². The van der Waals surface area contributed by atoms with Crippen molar-refractivity contribution in [3.63, 3.8) is 0 Å². The molecule has 0 amide bonds. The number of rotatable bonds is 3. The van der Waals surface area contributed by atoms with Gasteiger partial charge in [0, 0.05) is 17.6 Å². The van der Waals surface area contributed by atoms with Crippen LogP contribution in [0.2, 0.25) is 0 Å². The lowest BCUT2D eigenvalue weighted by Gasteiger charge is -2.09. The zero-order valence-corrected chi connectivity index (χ0v) is 13.6. The first-order chi connectivity index (χ1) is 10.8. The maximum atomic E-state index is 5.34. The Bertz CT molecular complexity index is 803. The average molecular weight is 312 g/mol. The first-order valence-electron chi connectivity index (χ1n) is 7.78. The number of ether oxygens (including phenoxy) is 1. The lowest BCUT2D eigenvalue weighted by molar-refractivity contribution is 0.414. The Morgan fingerprint density at radius 3 is 3.05 bits per heavy atom. The second kappa shape index (κ2) is 5.78. The molecule has 0 unspecified atom stereocenters. The van der Waals surface area contributed by atoms with Crippen LogP contribution in [0.5, 0.6) is 5.75 Å². The number of hydrogen-bond acceptors (Lipinski definition) is 3. The minimum absolute atomic E-state index is 0.900. The van der Waals surface area contributed by atoms with E-state index in [0.717, 1.165) is 38.2 Å². The third-order valence-corrected chi connectivity index (χ3v) is 5.60. The van der Waals surface area contributed by atoms with E-state index in [4.69, 9.17) is 4.74 Å². The van der Waals surface area contributed by atoms with Gasteiger partial charge in [0.25, 0.3) is 0 Å². The zero-order chi connectivity index (χ0) is 14.9. The van der Waals surface area contributed by atoms with Crippen molar-refractivity contribution in [3.05, 3.63) is 52.5 Å². The zero-order valence-electron chi connectivity index (χ0n) is 12.8. The van der Waals surface area contributed by atoms with Gasteiger partial charge in [-0.25, -0.2) is 0 Å². The summed E-state index contributed by atoms with van der Waals surface area (Å²) in [4.78, 5) is 1.56. The van der Waals surface area contributed by atoms with Crippen molar-refractivity contribution in [1.82, 2.24) is 9.88 Å². The molecule has 0 spiro atoms. The largest absolute Gasteiger partial charge is 0.497 e. The maximum Gasteiger partial charge on any atom is 0.119 e. The van der Waals surface area contributed by atoms with Gasteiger partial charge in [0.15, 0.2) is 0 Å². The summed E-state index contributed by atoms with van der Waals surface area (Å²) in [6, 6.07) is 10.6. The van der Waals surface area contributed by atoms with Crippen LogP contribution in [0.3, 0.4) is 0 Å². The predicted molar refractivity (Wildman–Crippen MR) is 92.2 cm³/mol. The van der Waals surface area contributed by atoms with Crippen LogP contribution in [-0.2, 0) is 19.4 Å². The molecule has 3 heterocycles. The molecule has 0 saturated carbocycles. The van der Waals surface area contributed by atoms with Crippen LogP contribution < -0.4 is 10.1 Å². The molecule has 4 heteroatoms. The molecule has 1 aliphatic heterocycles. The van der Waals surface area contributed by atoms with E-state index in [1.54, 1.807) is 17.6 Å². The van der Waals surface area contributed by atoms with Gasteiger partial charge in [0.1, 0.15) is 5.75 Å². The number of hydrogen-bond donors (Lipinski definition) is 1. The molecule has 0 bridgehead atoms. The van der Waals surface area contributed by atoms with Gasteiger partial charge in [-0.15, -0.1) is 11.3 Å². The lowest BCUT2D eigenvalue weighted by Crippen LogP contribution is -2.16. The molecule has 1 aliphatic rings. The molecular formula is C18H20N2OS. The topological polar surface area (TPSA) is 26.2 Å². The fourth-order valence-corrected chi connectivity index (χ4v) is 4.54. The molecule has 2 aromatic heterocycles.